The Morgan fingerprint density at radius 2 is 1.90 bits per heavy atom. The number of rotatable bonds is 4. The fourth-order valence-electron chi connectivity index (χ4n) is 3.99. The van der Waals surface area contributed by atoms with Crippen molar-refractivity contribution in [3.05, 3.63) is 12.2 Å². The summed E-state index contributed by atoms with van der Waals surface area (Å²) >= 11 is 0. The van der Waals surface area contributed by atoms with Gasteiger partial charge in [-0.05, 0) is 57.3 Å². The summed E-state index contributed by atoms with van der Waals surface area (Å²) in [6.07, 6.45) is 11.4. The number of esters is 2. The van der Waals surface area contributed by atoms with Crippen molar-refractivity contribution in [3.63, 3.8) is 0 Å². The molecule has 0 aromatic heterocycles. The third-order valence-electron chi connectivity index (χ3n) is 5.19. The molecule has 3 atom stereocenters. The quantitative estimate of drug-likeness (QED) is 0.590. The third-order valence-corrected chi connectivity index (χ3v) is 5.19. The van der Waals surface area contributed by atoms with Crippen molar-refractivity contribution in [2.75, 3.05) is 6.61 Å². The van der Waals surface area contributed by atoms with E-state index in [4.69, 9.17) is 9.47 Å². The zero-order valence-corrected chi connectivity index (χ0v) is 12.7. The monoisotopic (exact) mass is 292 g/mol. The molecule has 0 amide bonds. The molecule has 21 heavy (non-hydrogen) atoms. The highest BCUT2D eigenvalue weighted by Crippen LogP contribution is 2.43. The van der Waals surface area contributed by atoms with E-state index >= 15 is 0 Å². The summed E-state index contributed by atoms with van der Waals surface area (Å²) in [4.78, 5) is 23.9. The van der Waals surface area contributed by atoms with E-state index in [2.05, 4.69) is 12.2 Å². The van der Waals surface area contributed by atoms with Gasteiger partial charge in [-0.15, -0.1) is 0 Å². The summed E-state index contributed by atoms with van der Waals surface area (Å²) in [5.41, 5.74) is -0.364. The molecule has 0 aromatic rings. The van der Waals surface area contributed by atoms with Crippen molar-refractivity contribution < 1.29 is 19.1 Å². The van der Waals surface area contributed by atoms with Crippen LogP contribution in [0.4, 0.5) is 0 Å². The van der Waals surface area contributed by atoms with Gasteiger partial charge in [-0.25, -0.2) is 4.79 Å². The second-order valence-electron chi connectivity index (χ2n) is 6.98. The first-order valence-electron chi connectivity index (χ1n) is 8.12. The van der Waals surface area contributed by atoms with E-state index in [0.29, 0.717) is 11.8 Å². The van der Waals surface area contributed by atoms with Crippen LogP contribution in [0.3, 0.4) is 0 Å². The van der Waals surface area contributed by atoms with Gasteiger partial charge in [-0.2, -0.15) is 0 Å². The molecular weight excluding hydrogens is 268 g/mol. The molecule has 0 spiro atoms. The first-order chi connectivity index (χ1) is 10.1. The van der Waals surface area contributed by atoms with Crippen molar-refractivity contribution in [3.8, 4) is 0 Å². The lowest BCUT2D eigenvalue weighted by molar-refractivity contribution is -0.173. The Kier molecular flexibility index (Phi) is 4.05. The number of carbonyl (C=O) groups is 2. The first kappa shape index (κ1) is 14.6. The molecular formula is C17H24O4. The number of ether oxygens (including phenoxy) is 2. The molecule has 0 heterocycles. The Balaban J connectivity index is 1.43. The molecule has 0 aliphatic heterocycles. The molecule has 3 aliphatic rings. The second-order valence-corrected chi connectivity index (χ2v) is 6.98. The Bertz CT molecular complexity index is 448. The smallest absolute Gasteiger partial charge is 0.344 e. The summed E-state index contributed by atoms with van der Waals surface area (Å²) < 4.78 is 10.7. The molecule has 2 bridgehead atoms. The minimum absolute atomic E-state index is 0.0573. The van der Waals surface area contributed by atoms with Crippen LogP contribution in [0.15, 0.2) is 12.2 Å². The van der Waals surface area contributed by atoms with Gasteiger partial charge in [0.2, 0.25) is 0 Å². The molecule has 0 saturated heterocycles. The van der Waals surface area contributed by atoms with E-state index in [1.165, 1.54) is 6.42 Å². The first-order valence-corrected chi connectivity index (χ1v) is 8.12. The Morgan fingerprint density at radius 3 is 2.52 bits per heavy atom. The normalized spacial score (nSPS) is 32.9. The average molecular weight is 292 g/mol. The van der Waals surface area contributed by atoms with Crippen LogP contribution in [-0.2, 0) is 19.1 Å². The standard InChI is InChI=1S/C17H24O4/c1-17(7-3-2-4-8-17)21-15(18)11-20-16(19)14-10-12-5-6-13(14)9-12/h5-6,12-14H,2-4,7-11H2,1H3. The molecule has 0 radical (unpaired) electrons. The molecule has 2 fully saturated rings. The van der Waals surface area contributed by atoms with Gasteiger partial charge >= 0.3 is 11.9 Å². The fourth-order valence-corrected chi connectivity index (χ4v) is 3.99. The molecule has 2 saturated carbocycles. The van der Waals surface area contributed by atoms with Gasteiger partial charge in [0.25, 0.3) is 0 Å². The maximum absolute atomic E-state index is 12.0. The number of allylic oxidation sites excluding steroid dienone is 2. The van der Waals surface area contributed by atoms with Crippen molar-refractivity contribution in [1.82, 2.24) is 0 Å². The maximum atomic E-state index is 12.0. The van der Waals surface area contributed by atoms with Crippen molar-refractivity contribution >= 4 is 11.9 Å². The summed E-state index contributed by atoms with van der Waals surface area (Å²) in [5, 5.41) is 0. The van der Waals surface area contributed by atoms with Crippen LogP contribution in [0.25, 0.3) is 0 Å². The van der Waals surface area contributed by atoms with Gasteiger partial charge in [-0.3, -0.25) is 4.79 Å². The highest BCUT2D eigenvalue weighted by Gasteiger charge is 2.41. The van der Waals surface area contributed by atoms with Crippen molar-refractivity contribution in [2.45, 2.75) is 57.5 Å². The Labute approximate surface area is 125 Å². The number of hydrogen-bond donors (Lipinski definition) is 0. The van der Waals surface area contributed by atoms with Crippen LogP contribution in [0.1, 0.15) is 51.9 Å². The summed E-state index contributed by atoms with van der Waals surface area (Å²) in [6, 6.07) is 0. The molecule has 0 N–H and O–H groups in total. The molecule has 0 aromatic carbocycles. The van der Waals surface area contributed by atoms with E-state index in [9.17, 15) is 9.59 Å². The van der Waals surface area contributed by atoms with Crippen molar-refractivity contribution in [2.24, 2.45) is 17.8 Å². The minimum Gasteiger partial charge on any atom is -0.457 e. The van der Waals surface area contributed by atoms with Crippen molar-refractivity contribution in [1.29, 1.82) is 0 Å². The lowest BCUT2D eigenvalue weighted by Gasteiger charge is -2.33. The molecule has 3 aliphatic carbocycles. The molecule has 3 rings (SSSR count). The summed E-state index contributed by atoms with van der Waals surface area (Å²) in [6.45, 7) is 1.73. The topological polar surface area (TPSA) is 52.6 Å². The highest BCUT2D eigenvalue weighted by atomic mass is 16.6. The second kappa shape index (κ2) is 5.82. The minimum atomic E-state index is -0.411. The Morgan fingerprint density at radius 1 is 1.14 bits per heavy atom. The van der Waals surface area contributed by atoms with Crippen LogP contribution in [-0.4, -0.2) is 24.1 Å². The van der Waals surface area contributed by atoms with E-state index < -0.39 is 5.97 Å². The van der Waals surface area contributed by atoms with Gasteiger partial charge in [0, 0.05) is 0 Å². The van der Waals surface area contributed by atoms with E-state index in [1.807, 2.05) is 6.92 Å². The summed E-state index contributed by atoms with van der Waals surface area (Å²) in [5.74, 6) is 0.136. The maximum Gasteiger partial charge on any atom is 0.344 e. The molecule has 4 nitrogen and oxygen atoms in total. The van der Waals surface area contributed by atoms with E-state index in [0.717, 1.165) is 38.5 Å². The van der Waals surface area contributed by atoms with Gasteiger partial charge in [0.15, 0.2) is 6.61 Å². The number of fused-ring (bicyclic) bond motifs is 2. The van der Waals surface area contributed by atoms with Gasteiger partial charge in [0.1, 0.15) is 5.60 Å². The van der Waals surface area contributed by atoms with E-state index in [1.54, 1.807) is 0 Å². The average Bonchev–Trinajstić information content (AvgIpc) is 3.07. The van der Waals surface area contributed by atoms with Crippen LogP contribution in [0, 0.1) is 17.8 Å². The number of hydrogen-bond acceptors (Lipinski definition) is 4. The largest absolute Gasteiger partial charge is 0.457 e. The zero-order chi connectivity index (χ0) is 14.9. The lowest BCUT2D eigenvalue weighted by atomic mass is 9.86. The van der Waals surface area contributed by atoms with Gasteiger partial charge in [-0.1, -0.05) is 18.6 Å². The molecule has 3 unspecified atom stereocenters. The SMILES string of the molecule is CC1(OC(=O)COC(=O)C2CC3C=CC2C3)CCCCC1. The predicted octanol–water partition coefficient (Wildman–Crippen LogP) is 3.01. The predicted molar refractivity (Wildman–Crippen MR) is 77.4 cm³/mol. The van der Waals surface area contributed by atoms with Crippen LogP contribution in [0.2, 0.25) is 0 Å². The van der Waals surface area contributed by atoms with Crippen LogP contribution >= 0.6 is 0 Å². The molecule has 4 heteroatoms. The van der Waals surface area contributed by atoms with Gasteiger partial charge < -0.3 is 9.47 Å². The van der Waals surface area contributed by atoms with Crippen LogP contribution in [0.5, 0.6) is 0 Å². The van der Waals surface area contributed by atoms with Gasteiger partial charge in [0.05, 0.1) is 5.92 Å². The fraction of sp³-hybridized carbons (Fsp3) is 0.765. The third kappa shape index (κ3) is 3.30. The van der Waals surface area contributed by atoms with E-state index in [-0.39, 0.29) is 24.1 Å². The lowest BCUT2D eigenvalue weighted by Crippen LogP contribution is -2.36. The highest BCUT2D eigenvalue weighted by molar-refractivity contribution is 5.78. The Hall–Kier alpha value is -1.32. The van der Waals surface area contributed by atoms with Crippen LogP contribution < -0.4 is 0 Å². The number of carbonyl (C=O) groups excluding carboxylic acids is 2. The summed E-state index contributed by atoms with van der Waals surface area (Å²) in [7, 11) is 0. The molecule has 116 valence electrons. The zero-order valence-electron chi connectivity index (χ0n) is 12.7.